The van der Waals surface area contributed by atoms with Crippen LogP contribution in [0.2, 0.25) is 0 Å². The van der Waals surface area contributed by atoms with Crippen molar-refractivity contribution in [3.8, 4) is 0 Å². The van der Waals surface area contributed by atoms with E-state index < -0.39 is 0 Å². The topological polar surface area (TPSA) is 32.3 Å². The molecule has 1 aliphatic heterocycles. The Morgan fingerprint density at radius 2 is 2.11 bits per heavy atom. The van der Waals surface area contributed by atoms with Crippen LogP contribution >= 0.6 is 0 Å². The third-order valence-electron chi connectivity index (χ3n) is 5.68. The van der Waals surface area contributed by atoms with Crippen molar-refractivity contribution in [2.75, 3.05) is 26.7 Å². The van der Waals surface area contributed by atoms with Crippen LogP contribution in [0.1, 0.15) is 32.6 Å². The molecule has 1 saturated heterocycles. The highest BCUT2D eigenvalue weighted by Gasteiger charge is 2.40. The zero-order valence-corrected chi connectivity index (χ0v) is 11.7. The van der Waals surface area contributed by atoms with Crippen molar-refractivity contribution in [3.05, 3.63) is 0 Å². The first kappa shape index (κ1) is 12.5. The van der Waals surface area contributed by atoms with E-state index >= 15 is 0 Å². The maximum absolute atomic E-state index is 12.4. The lowest BCUT2D eigenvalue weighted by Gasteiger charge is -2.35. The molecule has 4 atom stereocenters. The molecule has 3 rings (SSSR count). The lowest BCUT2D eigenvalue weighted by atomic mass is 9.86. The summed E-state index contributed by atoms with van der Waals surface area (Å²) in [5, 5.41) is 3.26. The molecular formula is C15H26N2O. The van der Waals surface area contributed by atoms with Gasteiger partial charge in [-0.05, 0) is 56.0 Å². The second kappa shape index (κ2) is 4.84. The number of fused-ring (bicyclic) bond motifs is 2. The summed E-state index contributed by atoms with van der Waals surface area (Å²) in [5.74, 6) is 3.84. The molecule has 0 radical (unpaired) electrons. The number of amides is 1. The molecule has 1 N–H and O–H groups in total. The molecule has 1 heterocycles. The number of carbonyl (C=O) groups excluding carboxylic acids is 1. The van der Waals surface area contributed by atoms with Crippen LogP contribution < -0.4 is 5.32 Å². The number of rotatable bonds is 4. The molecule has 1 amide bonds. The molecule has 0 aromatic carbocycles. The summed E-state index contributed by atoms with van der Waals surface area (Å²) in [5.41, 5.74) is 0. The summed E-state index contributed by atoms with van der Waals surface area (Å²) in [7, 11) is 2.01. The molecule has 2 bridgehead atoms. The summed E-state index contributed by atoms with van der Waals surface area (Å²) in [6.07, 6.45) is 5.68. The van der Waals surface area contributed by atoms with Crippen LogP contribution in [-0.2, 0) is 4.79 Å². The van der Waals surface area contributed by atoms with E-state index in [4.69, 9.17) is 0 Å². The Kier molecular flexibility index (Phi) is 3.35. The van der Waals surface area contributed by atoms with Gasteiger partial charge in [0, 0.05) is 19.5 Å². The van der Waals surface area contributed by atoms with Crippen LogP contribution in [0.25, 0.3) is 0 Å². The Morgan fingerprint density at radius 3 is 2.61 bits per heavy atom. The van der Waals surface area contributed by atoms with Gasteiger partial charge in [-0.2, -0.15) is 0 Å². The highest BCUT2D eigenvalue weighted by atomic mass is 16.2. The molecule has 3 heteroatoms. The molecule has 2 saturated carbocycles. The number of carbonyl (C=O) groups is 1. The van der Waals surface area contributed by atoms with E-state index in [0.29, 0.717) is 11.8 Å². The second-order valence-electron chi connectivity index (χ2n) is 6.86. The van der Waals surface area contributed by atoms with Gasteiger partial charge in [0.05, 0.1) is 0 Å². The zero-order valence-electron chi connectivity index (χ0n) is 11.7. The summed E-state index contributed by atoms with van der Waals surface area (Å²) >= 11 is 0. The van der Waals surface area contributed by atoms with Gasteiger partial charge < -0.3 is 10.2 Å². The number of hydrogen-bond donors (Lipinski definition) is 1. The van der Waals surface area contributed by atoms with Gasteiger partial charge in [0.25, 0.3) is 0 Å². The van der Waals surface area contributed by atoms with E-state index in [2.05, 4.69) is 12.2 Å². The van der Waals surface area contributed by atoms with Crippen LogP contribution in [-0.4, -0.2) is 37.5 Å². The molecule has 0 spiro atoms. The molecule has 18 heavy (non-hydrogen) atoms. The van der Waals surface area contributed by atoms with Crippen LogP contribution in [0.4, 0.5) is 0 Å². The van der Waals surface area contributed by atoms with Crippen molar-refractivity contribution >= 4 is 5.91 Å². The quantitative estimate of drug-likeness (QED) is 0.824. The molecule has 0 aromatic heterocycles. The molecular weight excluding hydrogens is 224 g/mol. The zero-order chi connectivity index (χ0) is 12.7. The van der Waals surface area contributed by atoms with Crippen LogP contribution in [0.3, 0.4) is 0 Å². The summed E-state index contributed by atoms with van der Waals surface area (Å²) in [6.45, 7) is 5.15. The molecule has 3 fully saturated rings. The maximum atomic E-state index is 12.4. The van der Waals surface area contributed by atoms with Crippen molar-refractivity contribution in [1.82, 2.24) is 10.2 Å². The van der Waals surface area contributed by atoms with Crippen molar-refractivity contribution < 1.29 is 4.79 Å². The first-order valence-electron chi connectivity index (χ1n) is 7.61. The van der Waals surface area contributed by atoms with Gasteiger partial charge in [0.1, 0.15) is 0 Å². The smallest absolute Gasteiger partial charge is 0.225 e. The average molecular weight is 250 g/mol. The molecule has 0 aromatic rings. The molecule has 2 aliphatic carbocycles. The lowest BCUT2D eigenvalue weighted by molar-refractivity contribution is -0.136. The van der Waals surface area contributed by atoms with E-state index in [1.807, 2.05) is 11.9 Å². The van der Waals surface area contributed by atoms with Gasteiger partial charge in [0.2, 0.25) is 5.91 Å². The van der Waals surface area contributed by atoms with Gasteiger partial charge in [-0.15, -0.1) is 0 Å². The number of hydrogen-bond acceptors (Lipinski definition) is 2. The normalized spacial score (nSPS) is 36.4. The van der Waals surface area contributed by atoms with E-state index in [1.54, 1.807) is 0 Å². The number of nitrogens with zero attached hydrogens (tertiary/aromatic N) is 1. The minimum Gasteiger partial charge on any atom is -0.345 e. The lowest BCUT2D eigenvalue weighted by Crippen LogP contribution is -2.50. The Hall–Kier alpha value is -0.570. The SMILES string of the molecule is CC(C(=O)N(C)CC1CC2CCC1C2)C1CNC1. The Balaban J connectivity index is 1.51. The predicted octanol–water partition coefficient (Wildman–Crippen LogP) is 1.74. The van der Waals surface area contributed by atoms with Gasteiger partial charge >= 0.3 is 0 Å². The van der Waals surface area contributed by atoms with Gasteiger partial charge in [-0.25, -0.2) is 0 Å². The third kappa shape index (κ3) is 2.18. The summed E-state index contributed by atoms with van der Waals surface area (Å²) in [4.78, 5) is 14.4. The fraction of sp³-hybridized carbons (Fsp3) is 0.933. The predicted molar refractivity (Wildman–Crippen MR) is 72.1 cm³/mol. The highest BCUT2D eigenvalue weighted by molar-refractivity contribution is 5.78. The van der Waals surface area contributed by atoms with Crippen LogP contribution in [0, 0.1) is 29.6 Å². The van der Waals surface area contributed by atoms with E-state index in [1.165, 1.54) is 25.7 Å². The summed E-state index contributed by atoms with van der Waals surface area (Å²) in [6, 6.07) is 0. The third-order valence-corrected chi connectivity index (χ3v) is 5.68. The van der Waals surface area contributed by atoms with Gasteiger partial charge in [-0.1, -0.05) is 13.3 Å². The minimum atomic E-state index is 0.204. The highest BCUT2D eigenvalue weighted by Crippen LogP contribution is 2.48. The second-order valence-corrected chi connectivity index (χ2v) is 6.86. The van der Waals surface area contributed by atoms with E-state index in [9.17, 15) is 4.79 Å². The van der Waals surface area contributed by atoms with E-state index in [-0.39, 0.29) is 5.92 Å². The average Bonchev–Trinajstić information content (AvgIpc) is 2.87. The van der Waals surface area contributed by atoms with Crippen molar-refractivity contribution in [1.29, 1.82) is 0 Å². The van der Waals surface area contributed by atoms with Crippen LogP contribution in [0.5, 0.6) is 0 Å². The Bertz CT molecular complexity index is 326. The van der Waals surface area contributed by atoms with Gasteiger partial charge in [0.15, 0.2) is 0 Å². The largest absolute Gasteiger partial charge is 0.345 e. The summed E-state index contributed by atoms with van der Waals surface area (Å²) < 4.78 is 0. The fourth-order valence-electron chi connectivity index (χ4n) is 4.26. The Labute approximate surface area is 110 Å². The maximum Gasteiger partial charge on any atom is 0.225 e. The Morgan fingerprint density at radius 1 is 1.33 bits per heavy atom. The molecule has 102 valence electrons. The molecule has 4 unspecified atom stereocenters. The molecule has 3 aliphatic rings. The van der Waals surface area contributed by atoms with Crippen LogP contribution in [0.15, 0.2) is 0 Å². The monoisotopic (exact) mass is 250 g/mol. The van der Waals surface area contributed by atoms with Gasteiger partial charge in [-0.3, -0.25) is 4.79 Å². The van der Waals surface area contributed by atoms with E-state index in [0.717, 1.165) is 37.4 Å². The first-order valence-corrected chi connectivity index (χ1v) is 7.61. The standard InChI is InChI=1S/C15H26N2O/c1-10(14-7-16-8-14)15(18)17(2)9-13-6-11-3-4-12(13)5-11/h10-14,16H,3-9H2,1-2H3. The minimum absolute atomic E-state index is 0.204. The number of nitrogens with one attached hydrogen (secondary N) is 1. The van der Waals surface area contributed by atoms with Crippen molar-refractivity contribution in [3.63, 3.8) is 0 Å². The fourth-order valence-corrected chi connectivity index (χ4v) is 4.26. The van der Waals surface area contributed by atoms with Crippen molar-refractivity contribution in [2.45, 2.75) is 32.6 Å². The molecule has 3 nitrogen and oxygen atoms in total. The first-order chi connectivity index (χ1) is 8.65. The van der Waals surface area contributed by atoms with Crippen molar-refractivity contribution in [2.24, 2.45) is 29.6 Å².